The molecule has 0 radical (unpaired) electrons. The predicted molar refractivity (Wildman–Crippen MR) is 72.9 cm³/mol. The maximum absolute atomic E-state index is 10.9. The van der Waals surface area contributed by atoms with Crippen molar-refractivity contribution in [2.75, 3.05) is 0 Å². The average molecular weight is 268 g/mol. The van der Waals surface area contributed by atoms with Gasteiger partial charge in [-0.25, -0.2) is 9.31 Å². The number of fused-ring (bicyclic) bond motifs is 1. The van der Waals surface area contributed by atoms with Crippen molar-refractivity contribution in [3.05, 3.63) is 65.9 Å². The number of ether oxygens (including phenoxy) is 1. The molecular formula is C15H12N2O3. The Morgan fingerprint density at radius 3 is 2.75 bits per heavy atom. The minimum Gasteiger partial charge on any atom is -0.478 e. The summed E-state index contributed by atoms with van der Waals surface area (Å²) >= 11 is 0. The highest BCUT2D eigenvalue weighted by molar-refractivity contribution is 5.87. The topological polar surface area (TPSA) is 63.8 Å². The van der Waals surface area contributed by atoms with Gasteiger partial charge in [-0.15, -0.1) is 5.10 Å². The largest absolute Gasteiger partial charge is 0.478 e. The molecule has 0 unspecified atom stereocenters. The Kier molecular flexibility index (Phi) is 3.09. The molecule has 0 aliphatic carbocycles. The summed E-state index contributed by atoms with van der Waals surface area (Å²) in [7, 11) is 0. The number of aromatic nitrogens is 2. The molecule has 0 saturated carbocycles. The van der Waals surface area contributed by atoms with Gasteiger partial charge in [0.15, 0.2) is 0 Å². The Morgan fingerprint density at radius 1 is 1.20 bits per heavy atom. The van der Waals surface area contributed by atoms with Crippen LogP contribution in [0.2, 0.25) is 0 Å². The first-order valence-electron chi connectivity index (χ1n) is 6.12. The quantitative estimate of drug-likeness (QED) is 0.790. The Morgan fingerprint density at radius 2 is 2.00 bits per heavy atom. The molecule has 0 fully saturated rings. The lowest BCUT2D eigenvalue weighted by atomic mass is 10.2. The van der Waals surface area contributed by atoms with Crippen LogP contribution in [0, 0.1) is 0 Å². The predicted octanol–water partition coefficient (Wildman–Crippen LogP) is 2.61. The zero-order valence-electron chi connectivity index (χ0n) is 10.6. The third-order valence-electron chi connectivity index (χ3n) is 2.91. The third-order valence-corrected chi connectivity index (χ3v) is 2.91. The molecule has 100 valence electrons. The number of carbonyl (C=O) groups is 1. The zero-order valence-corrected chi connectivity index (χ0v) is 10.6. The van der Waals surface area contributed by atoms with Gasteiger partial charge in [0, 0.05) is 12.3 Å². The highest BCUT2D eigenvalue weighted by Gasteiger charge is 2.07. The Balaban J connectivity index is 1.80. The van der Waals surface area contributed by atoms with Crippen LogP contribution in [0.4, 0.5) is 0 Å². The van der Waals surface area contributed by atoms with Crippen LogP contribution in [0.15, 0.2) is 54.7 Å². The molecule has 5 heteroatoms. The lowest BCUT2D eigenvalue weighted by molar-refractivity contribution is 0.0696. The van der Waals surface area contributed by atoms with E-state index in [2.05, 4.69) is 5.10 Å². The van der Waals surface area contributed by atoms with Gasteiger partial charge in [0.25, 0.3) is 0 Å². The van der Waals surface area contributed by atoms with E-state index in [1.807, 2.05) is 30.3 Å². The molecule has 5 nitrogen and oxygen atoms in total. The van der Waals surface area contributed by atoms with Crippen molar-refractivity contribution in [2.24, 2.45) is 0 Å². The maximum Gasteiger partial charge on any atom is 0.337 e. The Labute approximate surface area is 115 Å². The first-order valence-corrected chi connectivity index (χ1v) is 6.12. The second-order valence-electron chi connectivity index (χ2n) is 4.35. The van der Waals surface area contributed by atoms with Crippen LogP contribution >= 0.6 is 0 Å². The summed E-state index contributed by atoms with van der Waals surface area (Å²) in [5.41, 5.74) is 2.03. The third kappa shape index (κ3) is 2.47. The fourth-order valence-corrected chi connectivity index (χ4v) is 1.89. The molecule has 2 aromatic heterocycles. The molecule has 3 aromatic rings. The van der Waals surface area contributed by atoms with Crippen LogP contribution in [-0.4, -0.2) is 20.7 Å². The average Bonchev–Trinajstić information content (AvgIpc) is 2.88. The van der Waals surface area contributed by atoms with Gasteiger partial charge in [-0.2, -0.15) is 0 Å². The molecule has 0 atom stereocenters. The Bertz CT molecular complexity index is 750. The minimum atomic E-state index is -0.978. The lowest BCUT2D eigenvalue weighted by Crippen LogP contribution is -1.99. The fraction of sp³-hybridized carbons (Fsp3) is 0.0667. The molecule has 0 bridgehead atoms. The van der Waals surface area contributed by atoms with E-state index in [1.165, 1.54) is 10.7 Å². The highest BCUT2D eigenvalue weighted by atomic mass is 16.5. The van der Waals surface area contributed by atoms with Crippen LogP contribution in [0.5, 0.6) is 5.88 Å². The van der Waals surface area contributed by atoms with Gasteiger partial charge in [-0.1, -0.05) is 30.3 Å². The normalized spacial score (nSPS) is 10.6. The van der Waals surface area contributed by atoms with Crippen molar-refractivity contribution < 1.29 is 14.6 Å². The molecular weight excluding hydrogens is 256 g/mol. The van der Waals surface area contributed by atoms with Crippen LogP contribution < -0.4 is 4.74 Å². The summed E-state index contributed by atoms with van der Waals surface area (Å²) in [6.07, 6.45) is 1.47. The molecule has 0 spiro atoms. The van der Waals surface area contributed by atoms with Gasteiger partial charge in [0.1, 0.15) is 6.61 Å². The molecule has 0 aliphatic heterocycles. The number of aromatic carboxylic acids is 1. The lowest BCUT2D eigenvalue weighted by Gasteiger charge is -2.01. The van der Waals surface area contributed by atoms with E-state index in [0.717, 1.165) is 11.1 Å². The van der Waals surface area contributed by atoms with Gasteiger partial charge in [0.05, 0.1) is 11.1 Å². The summed E-state index contributed by atoms with van der Waals surface area (Å²) in [5, 5.41) is 13.1. The van der Waals surface area contributed by atoms with Crippen molar-refractivity contribution in [1.29, 1.82) is 0 Å². The van der Waals surface area contributed by atoms with E-state index in [0.29, 0.717) is 12.5 Å². The smallest absolute Gasteiger partial charge is 0.337 e. The summed E-state index contributed by atoms with van der Waals surface area (Å²) in [6, 6.07) is 14.8. The number of benzene rings is 1. The van der Waals surface area contributed by atoms with E-state index in [-0.39, 0.29) is 5.56 Å². The van der Waals surface area contributed by atoms with Gasteiger partial charge < -0.3 is 9.84 Å². The zero-order chi connectivity index (χ0) is 13.9. The molecule has 0 amide bonds. The fourth-order valence-electron chi connectivity index (χ4n) is 1.89. The van der Waals surface area contributed by atoms with E-state index in [9.17, 15) is 4.79 Å². The molecule has 3 rings (SSSR count). The van der Waals surface area contributed by atoms with Crippen molar-refractivity contribution in [3.8, 4) is 5.88 Å². The minimum absolute atomic E-state index is 0.190. The number of carboxylic acids is 1. The number of carboxylic acid groups (broad SMARTS) is 1. The molecule has 20 heavy (non-hydrogen) atoms. The first-order chi connectivity index (χ1) is 9.72. The number of nitrogens with zero attached hydrogens (tertiary/aromatic N) is 2. The molecule has 0 saturated heterocycles. The molecule has 1 aromatic carbocycles. The first kappa shape index (κ1) is 12.2. The van der Waals surface area contributed by atoms with Crippen molar-refractivity contribution in [3.63, 3.8) is 0 Å². The van der Waals surface area contributed by atoms with Crippen LogP contribution in [0.1, 0.15) is 15.9 Å². The van der Waals surface area contributed by atoms with Gasteiger partial charge in [-0.05, 0) is 17.7 Å². The van der Waals surface area contributed by atoms with Crippen LogP contribution in [-0.2, 0) is 6.61 Å². The monoisotopic (exact) mass is 268 g/mol. The second-order valence-corrected chi connectivity index (χ2v) is 4.35. The van der Waals surface area contributed by atoms with Crippen molar-refractivity contribution in [1.82, 2.24) is 9.61 Å². The van der Waals surface area contributed by atoms with Crippen molar-refractivity contribution in [2.45, 2.75) is 6.61 Å². The number of hydrogen-bond donors (Lipinski definition) is 1. The van der Waals surface area contributed by atoms with Crippen molar-refractivity contribution >= 4 is 11.5 Å². The summed E-state index contributed by atoms with van der Waals surface area (Å²) < 4.78 is 7.10. The SMILES string of the molecule is O=C(O)c1ccc2cc(OCc3ccccc3)nn2c1. The highest BCUT2D eigenvalue weighted by Crippen LogP contribution is 2.15. The van der Waals surface area contributed by atoms with Crippen LogP contribution in [0.25, 0.3) is 5.52 Å². The van der Waals surface area contributed by atoms with E-state index in [4.69, 9.17) is 9.84 Å². The number of hydrogen-bond acceptors (Lipinski definition) is 3. The van der Waals surface area contributed by atoms with Gasteiger partial charge in [0.2, 0.25) is 5.88 Å². The van der Waals surface area contributed by atoms with E-state index >= 15 is 0 Å². The summed E-state index contributed by atoms with van der Waals surface area (Å²) in [6.45, 7) is 0.427. The summed E-state index contributed by atoms with van der Waals surface area (Å²) in [5.74, 6) is -0.509. The number of pyridine rings is 1. The number of rotatable bonds is 4. The van der Waals surface area contributed by atoms with E-state index < -0.39 is 5.97 Å². The van der Waals surface area contributed by atoms with Gasteiger partial charge in [-0.3, -0.25) is 0 Å². The summed E-state index contributed by atoms with van der Waals surface area (Å²) in [4.78, 5) is 10.9. The second kappa shape index (κ2) is 5.05. The standard InChI is InChI=1S/C15H12N2O3/c18-15(19)12-6-7-13-8-14(16-17(13)9-12)20-10-11-4-2-1-3-5-11/h1-9H,10H2,(H,18,19). The molecule has 1 N–H and O–H groups in total. The maximum atomic E-state index is 10.9. The Hall–Kier alpha value is -2.82. The molecule has 2 heterocycles. The van der Waals surface area contributed by atoms with Crippen LogP contribution in [0.3, 0.4) is 0 Å². The van der Waals surface area contributed by atoms with E-state index in [1.54, 1.807) is 18.2 Å². The molecule has 0 aliphatic rings. The van der Waals surface area contributed by atoms with Gasteiger partial charge >= 0.3 is 5.97 Å².